The van der Waals surface area contributed by atoms with E-state index < -0.39 is 0 Å². The van der Waals surface area contributed by atoms with Crippen LogP contribution in [0.1, 0.15) is 0 Å². The van der Waals surface area contributed by atoms with Crippen molar-refractivity contribution in [2.24, 2.45) is 0 Å². The summed E-state index contributed by atoms with van der Waals surface area (Å²) in [6, 6.07) is 132. The second kappa shape index (κ2) is 27.2. The Hall–Kier alpha value is -14.6. The zero-order valence-corrected chi connectivity index (χ0v) is 62.2. The summed E-state index contributed by atoms with van der Waals surface area (Å²) in [5, 5.41) is 11.8. The lowest BCUT2D eigenvalue weighted by atomic mass is 9.92. The van der Waals surface area contributed by atoms with Gasteiger partial charge < -0.3 is 13.6 Å². The van der Waals surface area contributed by atoms with Gasteiger partial charge in [0.1, 0.15) is 11.2 Å². The Morgan fingerprint density at radius 2 is 0.619 bits per heavy atom. The molecule has 0 aliphatic heterocycles. The number of para-hydroxylation sites is 4. The van der Waals surface area contributed by atoms with Crippen LogP contribution in [0.15, 0.2) is 381 Å². The van der Waals surface area contributed by atoms with Crippen LogP contribution in [0.4, 0.5) is 0 Å². The molecular weight excluding hydrogens is 1420 g/mol. The number of hydrogen-bond acceptors (Lipinski definition) is 9. The van der Waals surface area contributed by atoms with Crippen molar-refractivity contribution in [3.8, 4) is 113 Å². The smallest absolute Gasteiger partial charge is 0.165 e. The van der Waals surface area contributed by atoms with Crippen molar-refractivity contribution in [3.63, 3.8) is 0 Å². The molecule has 0 aliphatic rings. The highest BCUT2D eigenvalue weighted by Gasteiger charge is 2.25. The van der Waals surface area contributed by atoms with E-state index in [0.29, 0.717) is 34.9 Å². The summed E-state index contributed by atoms with van der Waals surface area (Å²) in [6.45, 7) is 0. The van der Waals surface area contributed by atoms with Crippen molar-refractivity contribution in [2.45, 2.75) is 0 Å². The Kier molecular flexibility index (Phi) is 15.8. The molecule has 0 aliphatic carbocycles. The highest BCUT2D eigenvalue weighted by Crippen LogP contribution is 2.48. The summed E-state index contributed by atoms with van der Waals surface area (Å²) in [5.74, 6) is 3.90. The Labute approximate surface area is 656 Å². The van der Waals surface area contributed by atoms with Gasteiger partial charge in [-0.25, -0.2) is 29.9 Å². The largest absolute Gasteiger partial charge is 0.455 e. The molecule has 9 nitrogen and oxygen atoms in total. The van der Waals surface area contributed by atoms with E-state index in [1.54, 1.807) is 22.7 Å². The molecule has 0 N–H and O–H groups in total. The quantitative estimate of drug-likeness (QED) is 0.127. The fourth-order valence-electron chi connectivity index (χ4n) is 16.5. The molecule has 0 bridgehead atoms. The van der Waals surface area contributed by atoms with Crippen molar-refractivity contribution in [1.29, 1.82) is 0 Å². The van der Waals surface area contributed by atoms with Gasteiger partial charge in [-0.15, -0.1) is 22.7 Å². The summed E-state index contributed by atoms with van der Waals surface area (Å²) in [6.07, 6.45) is 0. The fourth-order valence-corrected chi connectivity index (χ4v) is 18.9. The van der Waals surface area contributed by atoms with Crippen LogP contribution >= 0.6 is 22.7 Å². The molecular formula is C102H62N8OS2. The minimum Gasteiger partial charge on any atom is -0.455 e. The SMILES string of the molecule is c1ccc(-c2nc(-c3ccccc3)nc(-c3cc(-c4cccc(-n5c6ccccc6c6ccccc65)c4)cc4c3sc3ccccc34)n2)cc1.c1ccc(-c2nc(-c3ccccc3)nc(-c3cc(-c4ccccc4-c4ccc5c6c7oc8ccccc8c7ccc6n(-c6ccccc6)c5c4)cc4c3sc3ccccc34)n2)cc1. The monoisotopic (exact) mass is 1480 g/mol. The Morgan fingerprint density at radius 3 is 1.17 bits per heavy atom. The van der Waals surface area contributed by atoms with Gasteiger partial charge in [0.15, 0.2) is 34.9 Å². The third-order valence-corrected chi connectivity index (χ3v) is 24.1. The molecule has 0 saturated heterocycles. The predicted octanol–water partition coefficient (Wildman–Crippen LogP) is 27.6. The van der Waals surface area contributed by atoms with E-state index in [2.05, 4.69) is 306 Å². The van der Waals surface area contributed by atoms with E-state index >= 15 is 0 Å². The first-order valence-corrected chi connectivity index (χ1v) is 39.4. The van der Waals surface area contributed by atoms with Gasteiger partial charge in [-0.1, -0.05) is 279 Å². The number of fused-ring (bicyclic) bond motifs is 16. The zero-order chi connectivity index (χ0) is 74.5. The third kappa shape index (κ3) is 11.3. The van der Waals surface area contributed by atoms with Crippen molar-refractivity contribution < 1.29 is 4.42 Å². The summed E-state index contributed by atoms with van der Waals surface area (Å²) in [7, 11) is 0. The normalized spacial score (nSPS) is 11.7. The Bertz CT molecular complexity index is 7510. The van der Waals surface area contributed by atoms with Crippen LogP contribution in [-0.4, -0.2) is 39.0 Å². The molecule has 7 heterocycles. The number of thiophene rings is 2. The minimum absolute atomic E-state index is 0.640. The molecule has 0 fully saturated rings. The molecule has 0 spiro atoms. The van der Waals surface area contributed by atoms with Crippen molar-refractivity contribution in [3.05, 3.63) is 376 Å². The van der Waals surface area contributed by atoms with Gasteiger partial charge >= 0.3 is 0 Å². The molecule has 7 aromatic heterocycles. The van der Waals surface area contributed by atoms with E-state index in [4.69, 9.17) is 34.3 Å². The standard InChI is InChI=1S/C57H34N4OS.C45H28N4S/c1-4-16-35(17-5-1)55-58-56(36-18-6-2-7-19-36)60-57(59-55)47-33-38(32-46-43-25-13-15-27-51(43)63-54(46)47)41-23-11-10-22-40(41)37-28-29-45-49(34-37)61(39-20-8-3-9-21-39)48-31-30-44-42-24-12-14-26-50(42)62-53(44)52(45)48;1-3-14-29(15-4-1)43-46-44(30-16-5-2-6-17-30)48-45(47-43)38-28-32(27-37-36-22-9-12-25-41(36)50-42(37)38)31-18-13-19-33(26-31)49-39-23-10-7-20-34(39)35-21-8-11-24-40(35)49/h1-34H;1-28H. The van der Waals surface area contributed by atoms with Crippen LogP contribution in [0.2, 0.25) is 0 Å². The van der Waals surface area contributed by atoms with Gasteiger partial charge in [-0.2, -0.15) is 0 Å². The van der Waals surface area contributed by atoms with Crippen LogP contribution in [0.25, 0.3) is 219 Å². The molecule has 23 aromatic rings. The number of benzene rings is 16. The summed E-state index contributed by atoms with van der Waals surface area (Å²) >= 11 is 3.57. The van der Waals surface area contributed by atoms with E-state index in [1.165, 1.54) is 52.8 Å². The Balaban J connectivity index is 0.000000142. The van der Waals surface area contributed by atoms with E-state index in [9.17, 15) is 0 Å². The zero-order valence-electron chi connectivity index (χ0n) is 60.6. The van der Waals surface area contributed by atoms with Crippen LogP contribution in [0.5, 0.6) is 0 Å². The lowest BCUT2D eigenvalue weighted by Gasteiger charge is -2.14. The third-order valence-electron chi connectivity index (χ3n) is 21.7. The van der Waals surface area contributed by atoms with Crippen LogP contribution in [-0.2, 0) is 0 Å². The topological polar surface area (TPSA) is 100 Å². The van der Waals surface area contributed by atoms with Gasteiger partial charge in [-0.3, -0.25) is 0 Å². The van der Waals surface area contributed by atoms with Crippen molar-refractivity contribution in [1.82, 2.24) is 39.0 Å². The average molecular weight is 1480 g/mol. The maximum absolute atomic E-state index is 6.66. The molecule has 0 saturated carbocycles. The molecule has 528 valence electrons. The molecule has 23 rings (SSSR count). The van der Waals surface area contributed by atoms with Gasteiger partial charge in [0.05, 0.1) is 27.5 Å². The van der Waals surface area contributed by atoms with Gasteiger partial charge in [0, 0.05) is 112 Å². The molecule has 0 unspecified atom stereocenters. The second-order valence-corrected chi connectivity index (χ2v) is 30.5. The molecule has 0 amide bonds. The van der Waals surface area contributed by atoms with Crippen LogP contribution < -0.4 is 0 Å². The number of rotatable bonds is 11. The summed E-state index contributed by atoms with van der Waals surface area (Å²) < 4.78 is 16.2. The molecule has 11 heteroatoms. The van der Waals surface area contributed by atoms with Crippen LogP contribution in [0.3, 0.4) is 0 Å². The van der Waals surface area contributed by atoms with Gasteiger partial charge in [0.2, 0.25) is 0 Å². The maximum Gasteiger partial charge on any atom is 0.165 e. The van der Waals surface area contributed by atoms with E-state index in [0.717, 1.165) is 131 Å². The lowest BCUT2D eigenvalue weighted by Crippen LogP contribution is -2.00. The molecule has 16 aromatic carbocycles. The van der Waals surface area contributed by atoms with E-state index in [1.807, 2.05) is 78.9 Å². The van der Waals surface area contributed by atoms with E-state index in [-0.39, 0.29) is 0 Å². The number of nitrogens with zero attached hydrogens (tertiary/aromatic N) is 8. The predicted molar refractivity (Wildman–Crippen MR) is 470 cm³/mol. The van der Waals surface area contributed by atoms with Crippen LogP contribution in [0, 0.1) is 0 Å². The first-order chi connectivity index (χ1) is 56.0. The number of aromatic nitrogens is 8. The number of hydrogen-bond donors (Lipinski definition) is 0. The maximum atomic E-state index is 6.66. The van der Waals surface area contributed by atoms with Gasteiger partial charge in [-0.05, 0) is 130 Å². The second-order valence-electron chi connectivity index (χ2n) is 28.4. The number of furan rings is 1. The lowest BCUT2D eigenvalue weighted by molar-refractivity contribution is 0.673. The fraction of sp³-hybridized carbons (Fsp3) is 0. The first kappa shape index (κ1) is 65.5. The molecule has 113 heavy (non-hydrogen) atoms. The van der Waals surface area contributed by atoms with Crippen molar-refractivity contribution in [2.75, 3.05) is 0 Å². The molecule has 0 radical (unpaired) electrons. The minimum atomic E-state index is 0.640. The highest BCUT2D eigenvalue weighted by molar-refractivity contribution is 7.26. The molecule has 0 atom stereocenters. The van der Waals surface area contributed by atoms with Crippen molar-refractivity contribution >= 4 is 129 Å². The highest BCUT2D eigenvalue weighted by atomic mass is 32.1. The first-order valence-electron chi connectivity index (χ1n) is 37.8. The average Bonchev–Trinajstić information content (AvgIpc) is 1.55. The summed E-state index contributed by atoms with van der Waals surface area (Å²) in [5.41, 5.74) is 21.1. The Morgan fingerprint density at radius 1 is 0.212 bits per heavy atom. The van der Waals surface area contributed by atoms with Gasteiger partial charge in [0.25, 0.3) is 0 Å². The summed E-state index contributed by atoms with van der Waals surface area (Å²) in [4.78, 5) is 30.8.